The number of anilines is 1. The topological polar surface area (TPSA) is 61.9 Å². The van der Waals surface area contributed by atoms with Crippen molar-refractivity contribution in [3.63, 3.8) is 0 Å². The number of fused-ring (bicyclic) bond motifs is 1. The number of hydrogen-bond donors (Lipinski definition) is 1. The van der Waals surface area contributed by atoms with E-state index in [0.717, 1.165) is 23.9 Å². The van der Waals surface area contributed by atoms with E-state index < -0.39 is 11.7 Å². The summed E-state index contributed by atoms with van der Waals surface area (Å²) in [6, 6.07) is 12.0. The molecule has 0 saturated carbocycles. The van der Waals surface area contributed by atoms with Crippen molar-refractivity contribution in [3.8, 4) is 0 Å². The van der Waals surface area contributed by atoms with Crippen LogP contribution in [0.4, 0.5) is 10.5 Å². The van der Waals surface area contributed by atoms with Crippen molar-refractivity contribution in [2.24, 2.45) is 0 Å². The third-order valence-electron chi connectivity index (χ3n) is 5.08. The molecule has 0 aromatic heterocycles. The van der Waals surface area contributed by atoms with Gasteiger partial charge in [-0.05, 0) is 57.5 Å². The lowest BCUT2D eigenvalue weighted by Gasteiger charge is -2.37. The van der Waals surface area contributed by atoms with Gasteiger partial charge in [-0.3, -0.25) is 15.0 Å². The number of nitrogens with zero attached hydrogens (tertiary/aromatic N) is 2. The first-order chi connectivity index (χ1) is 13.6. The van der Waals surface area contributed by atoms with Gasteiger partial charge in [0.15, 0.2) is 0 Å². The van der Waals surface area contributed by atoms with Crippen molar-refractivity contribution in [1.82, 2.24) is 9.80 Å². The fraction of sp³-hybridized carbons (Fsp3) is 0.478. The molecule has 1 fully saturated rings. The van der Waals surface area contributed by atoms with Crippen LogP contribution in [0.5, 0.6) is 0 Å². The quantitative estimate of drug-likeness (QED) is 0.836. The van der Waals surface area contributed by atoms with E-state index in [-0.39, 0.29) is 5.91 Å². The number of carbonyl (C=O) groups is 2. The summed E-state index contributed by atoms with van der Waals surface area (Å²) < 4.78 is 5.39. The number of hydrogen-bond acceptors (Lipinski definition) is 4. The van der Waals surface area contributed by atoms with Crippen LogP contribution in [-0.4, -0.2) is 59.6 Å². The molecular formula is C23H31N3O3. The Labute approximate surface area is 172 Å². The molecule has 0 unspecified atom stereocenters. The SMILES string of the molecule is CC(C)N1CCN(C(=O)c2cc3ccccc3cc2NC(=O)OC(C)(C)C)CC1. The van der Waals surface area contributed by atoms with Gasteiger partial charge >= 0.3 is 6.09 Å². The van der Waals surface area contributed by atoms with Crippen LogP contribution in [0.25, 0.3) is 10.8 Å². The minimum atomic E-state index is -0.613. The van der Waals surface area contributed by atoms with Crippen LogP contribution in [0.3, 0.4) is 0 Å². The Hall–Kier alpha value is -2.60. The second kappa shape index (κ2) is 8.41. The Morgan fingerprint density at radius 2 is 1.59 bits per heavy atom. The summed E-state index contributed by atoms with van der Waals surface area (Å²) in [7, 11) is 0. The summed E-state index contributed by atoms with van der Waals surface area (Å²) in [5.74, 6) is -0.0646. The normalized spacial score (nSPS) is 15.6. The summed E-state index contributed by atoms with van der Waals surface area (Å²) in [5, 5.41) is 4.71. The average molecular weight is 398 g/mol. The van der Waals surface area contributed by atoms with Crippen LogP contribution in [0, 0.1) is 0 Å². The Kier molecular flexibility index (Phi) is 6.13. The van der Waals surface area contributed by atoms with Crippen molar-refractivity contribution in [2.45, 2.75) is 46.3 Å². The highest BCUT2D eigenvalue weighted by Crippen LogP contribution is 2.26. The Balaban J connectivity index is 1.88. The van der Waals surface area contributed by atoms with Crippen molar-refractivity contribution >= 4 is 28.5 Å². The van der Waals surface area contributed by atoms with E-state index in [1.165, 1.54) is 0 Å². The molecule has 0 aliphatic carbocycles. The summed E-state index contributed by atoms with van der Waals surface area (Å²) in [4.78, 5) is 29.9. The van der Waals surface area contributed by atoms with Crippen LogP contribution >= 0.6 is 0 Å². The molecule has 0 bridgehead atoms. The first-order valence-electron chi connectivity index (χ1n) is 10.2. The van der Waals surface area contributed by atoms with Gasteiger partial charge in [0, 0.05) is 32.2 Å². The zero-order valence-electron chi connectivity index (χ0n) is 18.0. The third-order valence-corrected chi connectivity index (χ3v) is 5.08. The molecule has 29 heavy (non-hydrogen) atoms. The van der Waals surface area contributed by atoms with Gasteiger partial charge in [-0.15, -0.1) is 0 Å². The smallest absolute Gasteiger partial charge is 0.412 e. The first-order valence-corrected chi connectivity index (χ1v) is 10.2. The molecule has 6 nitrogen and oxygen atoms in total. The van der Waals surface area contributed by atoms with Crippen molar-refractivity contribution in [2.75, 3.05) is 31.5 Å². The second-order valence-electron chi connectivity index (χ2n) is 8.79. The van der Waals surface area contributed by atoms with Crippen LogP contribution < -0.4 is 5.32 Å². The molecule has 1 aliphatic rings. The minimum Gasteiger partial charge on any atom is -0.444 e. The van der Waals surface area contributed by atoms with Gasteiger partial charge in [-0.25, -0.2) is 4.79 Å². The number of nitrogens with one attached hydrogen (secondary N) is 1. The van der Waals surface area contributed by atoms with Crippen molar-refractivity contribution < 1.29 is 14.3 Å². The molecule has 1 N–H and O–H groups in total. The molecule has 1 saturated heterocycles. The fourth-order valence-electron chi connectivity index (χ4n) is 3.55. The van der Waals surface area contributed by atoms with E-state index in [4.69, 9.17) is 4.74 Å². The van der Waals surface area contributed by atoms with Gasteiger partial charge in [0.1, 0.15) is 5.60 Å². The van der Waals surface area contributed by atoms with Crippen molar-refractivity contribution in [1.29, 1.82) is 0 Å². The number of carbonyl (C=O) groups excluding carboxylic acids is 2. The lowest BCUT2D eigenvalue weighted by molar-refractivity contribution is 0.0596. The summed E-state index contributed by atoms with van der Waals surface area (Å²) >= 11 is 0. The maximum absolute atomic E-state index is 13.3. The summed E-state index contributed by atoms with van der Waals surface area (Å²) in [6.07, 6.45) is -0.563. The number of amides is 2. The van der Waals surface area contributed by atoms with E-state index >= 15 is 0 Å². The highest BCUT2D eigenvalue weighted by Gasteiger charge is 2.26. The third kappa shape index (κ3) is 5.26. The molecule has 2 aromatic carbocycles. The number of ether oxygens (including phenoxy) is 1. The van der Waals surface area contributed by atoms with E-state index in [0.29, 0.717) is 30.4 Å². The minimum absolute atomic E-state index is 0.0646. The molecule has 3 rings (SSSR count). The van der Waals surface area contributed by atoms with E-state index in [9.17, 15) is 9.59 Å². The van der Waals surface area contributed by atoms with E-state index in [1.807, 2.05) is 62.1 Å². The molecule has 2 amide bonds. The molecular weight excluding hydrogens is 366 g/mol. The Bertz CT molecular complexity index is 894. The highest BCUT2D eigenvalue weighted by atomic mass is 16.6. The summed E-state index contributed by atoms with van der Waals surface area (Å²) in [5.41, 5.74) is 0.361. The molecule has 0 atom stereocenters. The zero-order chi connectivity index (χ0) is 21.2. The van der Waals surface area contributed by atoms with Gasteiger partial charge in [0.25, 0.3) is 5.91 Å². The van der Waals surface area contributed by atoms with Gasteiger partial charge in [-0.2, -0.15) is 0 Å². The molecule has 0 spiro atoms. The van der Waals surface area contributed by atoms with Gasteiger partial charge in [0.05, 0.1) is 11.3 Å². The standard InChI is InChI=1S/C23H31N3O3/c1-16(2)25-10-12-26(13-11-25)21(27)19-14-17-8-6-7-9-18(17)15-20(19)24-22(28)29-23(3,4)5/h6-9,14-16H,10-13H2,1-5H3,(H,24,28). The lowest BCUT2D eigenvalue weighted by Crippen LogP contribution is -2.50. The number of benzene rings is 2. The predicted molar refractivity (Wildman–Crippen MR) is 116 cm³/mol. The van der Waals surface area contributed by atoms with E-state index in [1.54, 1.807) is 0 Å². The zero-order valence-corrected chi connectivity index (χ0v) is 18.0. The number of rotatable bonds is 3. The molecule has 6 heteroatoms. The monoisotopic (exact) mass is 397 g/mol. The predicted octanol–water partition coefficient (Wildman–Crippen LogP) is 4.35. The van der Waals surface area contributed by atoms with E-state index in [2.05, 4.69) is 24.1 Å². The molecule has 1 heterocycles. The second-order valence-corrected chi connectivity index (χ2v) is 8.79. The molecule has 0 radical (unpaired) electrons. The maximum atomic E-state index is 13.3. The average Bonchev–Trinajstić information content (AvgIpc) is 2.65. The first kappa shape index (κ1) is 21.1. The molecule has 2 aromatic rings. The maximum Gasteiger partial charge on any atom is 0.412 e. The summed E-state index contributed by atoms with van der Waals surface area (Å²) in [6.45, 7) is 12.8. The molecule has 1 aliphatic heterocycles. The van der Waals surface area contributed by atoms with Crippen LogP contribution in [-0.2, 0) is 4.74 Å². The lowest BCUT2D eigenvalue weighted by atomic mass is 10.0. The van der Waals surface area contributed by atoms with Gasteiger partial charge in [-0.1, -0.05) is 24.3 Å². The molecule has 156 valence electrons. The van der Waals surface area contributed by atoms with Gasteiger partial charge < -0.3 is 9.64 Å². The largest absolute Gasteiger partial charge is 0.444 e. The highest BCUT2D eigenvalue weighted by molar-refractivity contribution is 6.07. The van der Waals surface area contributed by atoms with Crippen LogP contribution in [0.2, 0.25) is 0 Å². The van der Waals surface area contributed by atoms with Crippen LogP contribution in [0.15, 0.2) is 36.4 Å². The van der Waals surface area contributed by atoms with Crippen LogP contribution in [0.1, 0.15) is 45.0 Å². The number of piperazine rings is 1. The Morgan fingerprint density at radius 3 is 2.14 bits per heavy atom. The van der Waals surface area contributed by atoms with Crippen molar-refractivity contribution in [3.05, 3.63) is 42.0 Å². The van der Waals surface area contributed by atoms with Gasteiger partial charge in [0.2, 0.25) is 0 Å². The fourth-order valence-corrected chi connectivity index (χ4v) is 3.55. The Morgan fingerprint density at radius 1 is 1.00 bits per heavy atom.